The van der Waals surface area contributed by atoms with Crippen LogP contribution in [0, 0.1) is 0 Å². The first-order chi connectivity index (χ1) is 7.59. The van der Waals surface area contributed by atoms with Crippen molar-refractivity contribution in [3.63, 3.8) is 0 Å². The zero-order valence-electron chi connectivity index (χ0n) is 8.95. The van der Waals surface area contributed by atoms with Crippen LogP contribution in [-0.4, -0.2) is 50.3 Å². The third-order valence-electron chi connectivity index (χ3n) is 2.78. The number of carbonyl (C=O) groups excluding carboxylic acids is 1. The number of hydrogen-bond donors (Lipinski definition) is 1. The lowest BCUT2D eigenvalue weighted by molar-refractivity contribution is -0.129. The number of rotatable bonds is 2. The normalized spacial score (nSPS) is 27.1. The monoisotopic (exact) mass is 243 g/mol. The fourth-order valence-corrected chi connectivity index (χ4v) is 2.08. The highest BCUT2D eigenvalue weighted by Gasteiger charge is 2.36. The number of carbonyl (C=O) groups is 1. The molecule has 0 unspecified atom stereocenters. The van der Waals surface area contributed by atoms with Crippen LogP contribution in [-0.2, 0) is 4.79 Å². The number of amides is 1. The van der Waals surface area contributed by atoms with Crippen LogP contribution < -0.4 is 0 Å². The molecule has 0 aromatic carbocycles. The average molecular weight is 244 g/mol. The number of alkyl halides is 1. The third-order valence-corrected chi connectivity index (χ3v) is 2.96. The van der Waals surface area contributed by atoms with E-state index >= 15 is 0 Å². The molecule has 0 bridgehead atoms. The van der Waals surface area contributed by atoms with E-state index in [1.807, 2.05) is 0 Å². The zero-order valence-corrected chi connectivity index (χ0v) is 9.71. The van der Waals surface area contributed by atoms with E-state index in [0.717, 1.165) is 0 Å². The lowest BCUT2D eigenvalue weighted by atomic mass is 10.2. The lowest BCUT2D eigenvalue weighted by Crippen LogP contribution is -2.34. The van der Waals surface area contributed by atoms with E-state index in [1.54, 1.807) is 35.0 Å². The van der Waals surface area contributed by atoms with E-state index in [1.165, 1.54) is 0 Å². The van der Waals surface area contributed by atoms with Crippen LogP contribution in [0.25, 0.3) is 0 Å². The summed E-state index contributed by atoms with van der Waals surface area (Å²) in [5, 5.41) is 13.4. The van der Waals surface area contributed by atoms with E-state index in [2.05, 4.69) is 5.10 Å². The Balaban J connectivity index is 2.08. The van der Waals surface area contributed by atoms with Gasteiger partial charge in [-0.2, -0.15) is 5.10 Å². The number of aromatic nitrogens is 2. The first-order valence-electron chi connectivity index (χ1n) is 5.19. The molecule has 2 heterocycles. The fraction of sp³-hybridized carbons (Fsp3) is 0.600. The Morgan fingerprint density at radius 1 is 1.62 bits per heavy atom. The lowest BCUT2D eigenvalue weighted by Gasteiger charge is -2.17. The molecule has 2 rings (SSSR count). The summed E-state index contributed by atoms with van der Waals surface area (Å²) in [4.78, 5) is 13.2. The minimum absolute atomic E-state index is 0.143. The van der Waals surface area contributed by atoms with Crippen molar-refractivity contribution >= 4 is 17.5 Å². The van der Waals surface area contributed by atoms with Crippen molar-refractivity contribution in [3.05, 3.63) is 18.5 Å². The summed E-state index contributed by atoms with van der Waals surface area (Å²) in [5.74, 6) is -0.143. The molecule has 1 aliphatic rings. The second kappa shape index (κ2) is 4.43. The van der Waals surface area contributed by atoms with E-state index in [9.17, 15) is 9.90 Å². The Labute approximate surface area is 98.6 Å². The molecule has 1 aromatic heterocycles. The van der Waals surface area contributed by atoms with Gasteiger partial charge < -0.3 is 10.0 Å². The van der Waals surface area contributed by atoms with Crippen molar-refractivity contribution in [3.8, 4) is 0 Å². The van der Waals surface area contributed by atoms with Crippen LogP contribution in [0.2, 0.25) is 0 Å². The molecule has 0 aliphatic carbocycles. The van der Waals surface area contributed by atoms with Crippen LogP contribution in [0.15, 0.2) is 18.5 Å². The Bertz CT molecular complexity index is 366. The van der Waals surface area contributed by atoms with Crippen LogP contribution in [0.5, 0.6) is 0 Å². The van der Waals surface area contributed by atoms with Crippen LogP contribution in [0.3, 0.4) is 0 Å². The van der Waals surface area contributed by atoms with Gasteiger partial charge in [-0.25, -0.2) is 0 Å². The molecule has 16 heavy (non-hydrogen) atoms. The molecule has 0 spiro atoms. The topological polar surface area (TPSA) is 58.4 Å². The molecule has 5 nitrogen and oxygen atoms in total. The average Bonchev–Trinajstić information content (AvgIpc) is 2.84. The summed E-state index contributed by atoms with van der Waals surface area (Å²) in [6, 6.07) is 1.62. The molecule has 0 saturated carbocycles. The molecule has 1 aliphatic heterocycles. The highest BCUT2D eigenvalue weighted by molar-refractivity contribution is 6.30. The number of nitrogens with zero attached hydrogens (tertiary/aromatic N) is 3. The predicted octanol–water partition coefficient (Wildman–Crippen LogP) is 0.255. The molecule has 1 saturated heterocycles. The molecule has 1 fully saturated rings. The Hall–Kier alpha value is -1.07. The van der Waals surface area contributed by atoms with Crippen LogP contribution in [0.4, 0.5) is 0 Å². The highest BCUT2D eigenvalue weighted by atomic mass is 35.5. The molecule has 0 radical (unpaired) electrons. The van der Waals surface area contributed by atoms with Crippen molar-refractivity contribution in [2.45, 2.75) is 24.4 Å². The van der Waals surface area contributed by atoms with Gasteiger partial charge in [0.2, 0.25) is 5.91 Å². The van der Waals surface area contributed by atoms with Crippen molar-refractivity contribution in [1.82, 2.24) is 14.7 Å². The summed E-state index contributed by atoms with van der Waals surface area (Å²) in [5.41, 5.74) is 0. The Morgan fingerprint density at radius 2 is 2.38 bits per heavy atom. The van der Waals surface area contributed by atoms with Crippen LogP contribution in [0.1, 0.15) is 13.0 Å². The zero-order chi connectivity index (χ0) is 11.7. The van der Waals surface area contributed by atoms with Crippen molar-refractivity contribution in [1.29, 1.82) is 0 Å². The maximum Gasteiger partial charge on any atom is 0.240 e. The second-order valence-corrected chi connectivity index (χ2v) is 4.63. The van der Waals surface area contributed by atoms with Gasteiger partial charge in [-0.05, 0) is 13.0 Å². The standard InChI is InChI=1S/C10H14ClN3O2/c1-7(11)10(16)13-5-8(9(15)6-13)14-4-2-3-12-14/h2-4,7-9,15H,5-6H2,1H3/t7-,8-,9+/m0/s1. The van der Waals surface area contributed by atoms with Gasteiger partial charge in [-0.1, -0.05) is 0 Å². The minimum atomic E-state index is -0.584. The molecule has 1 N–H and O–H groups in total. The summed E-state index contributed by atoms with van der Waals surface area (Å²) in [6.45, 7) is 2.41. The van der Waals surface area contributed by atoms with Gasteiger partial charge in [0.1, 0.15) is 5.38 Å². The Morgan fingerprint density at radius 3 is 2.94 bits per heavy atom. The maximum absolute atomic E-state index is 11.7. The maximum atomic E-state index is 11.7. The fourth-order valence-electron chi connectivity index (χ4n) is 1.94. The number of hydrogen-bond acceptors (Lipinski definition) is 3. The minimum Gasteiger partial charge on any atom is -0.389 e. The summed E-state index contributed by atoms with van der Waals surface area (Å²) < 4.78 is 1.68. The Kier molecular flexibility index (Phi) is 3.16. The van der Waals surface area contributed by atoms with Gasteiger partial charge in [-0.3, -0.25) is 9.48 Å². The molecule has 88 valence electrons. The number of β-amino-alcohol motifs (C(OH)–C–C–N with tert-alkyl or cyclic N) is 1. The van der Waals surface area contributed by atoms with Gasteiger partial charge in [0.25, 0.3) is 0 Å². The highest BCUT2D eigenvalue weighted by Crippen LogP contribution is 2.22. The van der Waals surface area contributed by atoms with Gasteiger partial charge in [0, 0.05) is 25.5 Å². The van der Waals surface area contributed by atoms with Crippen molar-refractivity contribution in [2.75, 3.05) is 13.1 Å². The van der Waals surface area contributed by atoms with E-state index < -0.39 is 11.5 Å². The van der Waals surface area contributed by atoms with Crippen molar-refractivity contribution < 1.29 is 9.90 Å². The molecule has 6 heteroatoms. The van der Waals surface area contributed by atoms with Gasteiger partial charge in [-0.15, -0.1) is 11.6 Å². The molecular formula is C10H14ClN3O2. The summed E-state index contributed by atoms with van der Waals surface area (Å²) >= 11 is 5.73. The van der Waals surface area contributed by atoms with Gasteiger partial charge >= 0.3 is 0 Å². The summed E-state index contributed by atoms with van der Waals surface area (Å²) in [7, 11) is 0. The van der Waals surface area contributed by atoms with Gasteiger partial charge in [0.15, 0.2) is 0 Å². The first-order valence-corrected chi connectivity index (χ1v) is 5.63. The first kappa shape index (κ1) is 11.4. The van der Waals surface area contributed by atoms with E-state index in [4.69, 9.17) is 11.6 Å². The largest absolute Gasteiger partial charge is 0.389 e. The van der Waals surface area contributed by atoms with E-state index in [0.29, 0.717) is 13.1 Å². The smallest absolute Gasteiger partial charge is 0.240 e. The van der Waals surface area contributed by atoms with Gasteiger partial charge in [0.05, 0.1) is 12.1 Å². The van der Waals surface area contributed by atoms with Crippen LogP contribution >= 0.6 is 11.6 Å². The van der Waals surface area contributed by atoms with Crippen molar-refractivity contribution in [2.24, 2.45) is 0 Å². The molecule has 1 aromatic rings. The number of halogens is 1. The SMILES string of the molecule is C[C@H](Cl)C(=O)N1C[C@@H](O)[C@@H](n2cccn2)C1. The third kappa shape index (κ3) is 2.05. The van der Waals surface area contributed by atoms with E-state index in [-0.39, 0.29) is 11.9 Å². The quantitative estimate of drug-likeness (QED) is 0.758. The molecular weight excluding hydrogens is 230 g/mol. The number of aliphatic hydroxyl groups is 1. The molecule has 3 atom stereocenters. The second-order valence-electron chi connectivity index (χ2n) is 3.98. The molecule has 1 amide bonds. The number of likely N-dealkylation sites (tertiary alicyclic amines) is 1. The predicted molar refractivity (Wildman–Crippen MR) is 59.2 cm³/mol. The number of aliphatic hydroxyl groups excluding tert-OH is 1. The summed E-state index contributed by atoms with van der Waals surface area (Å²) in [6.07, 6.45) is 2.85.